The Morgan fingerprint density at radius 1 is 1.47 bits per heavy atom. The second-order valence-electron chi connectivity index (χ2n) is 3.92. The van der Waals surface area contributed by atoms with Crippen molar-refractivity contribution in [2.24, 2.45) is 5.92 Å². The third-order valence-electron chi connectivity index (χ3n) is 2.54. The van der Waals surface area contributed by atoms with Crippen LogP contribution in [0.2, 0.25) is 0 Å². The summed E-state index contributed by atoms with van der Waals surface area (Å²) in [5.74, 6) is 2.39. The van der Waals surface area contributed by atoms with Gasteiger partial charge in [-0.2, -0.15) is 11.8 Å². The molecule has 0 aliphatic carbocycles. The van der Waals surface area contributed by atoms with Crippen LogP contribution >= 0.6 is 11.8 Å². The summed E-state index contributed by atoms with van der Waals surface area (Å²) in [6.45, 7) is 7.37. The molecule has 0 bridgehead atoms. The summed E-state index contributed by atoms with van der Waals surface area (Å²) in [4.78, 5) is 13.8. The Kier molecular flexibility index (Phi) is 6.10. The van der Waals surface area contributed by atoms with Crippen molar-refractivity contribution in [2.45, 2.75) is 20.3 Å². The highest BCUT2D eigenvalue weighted by molar-refractivity contribution is 7.99. The number of esters is 1. The normalized spacial score (nSPS) is 20.7. The monoisotopic (exact) mass is 231 g/mol. The first-order valence-electron chi connectivity index (χ1n) is 5.70. The molecule has 0 aromatic heterocycles. The molecule has 1 heterocycles. The van der Waals surface area contributed by atoms with Gasteiger partial charge in [0.15, 0.2) is 0 Å². The molecule has 1 aliphatic rings. The van der Waals surface area contributed by atoms with Crippen LogP contribution in [0.25, 0.3) is 0 Å². The first-order valence-corrected chi connectivity index (χ1v) is 6.86. The summed E-state index contributed by atoms with van der Waals surface area (Å²) in [7, 11) is 0. The van der Waals surface area contributed by atoms with E-state index in [1.54, 1.807) is 0 Å². The van der Waals surface area contributed by atoms with Crippen LogP contribution in [0.15, 0.2) is 0 Å². The molecule has 0 radical (unpaired) electrons. The van der Waals surface area contributed by atoms with Gasteiger partial charge in [-0.3, -0.25) is 4.79 Å². The number of ether oxygens (including phenoxy) is 1. The lowest BCUT2D eigenvalue weighted by molar-refractivity contribution is -0.148. The van der Waals surface area contributed by atoms with Gasteiger partial charge < -0.3 is 9.64 Å². The molecule has 88 valence electrons. The van der Waals surface area contributed by atoms with Crippen molar-refractivity contribution in [3.63, 3.8) is 0 Å². The van der Waals surface area contributed by atoms with E-state index < -0.39 is 0 Å². The zero-order valence-corrected chi connectivity index (χ0v) is 10.5. The average Bonchev–Trinajstić information content (AvgIpc) is 2.46. The number of rotatable bonds is 4. The smallest absolute Gasteiger partial charge is 0.309 e. The maximum atomic E-state index is 11.4. The van der Waals surface area contributed by atoms with Crippen LogP contribution in [0.5, 0.6) is 0 Å². The number of thioether (sulfide) groups is 1. The maximum absolute atomic E-state index is 11.4. The average molecular weight is 231 g/mol. The molecule has 0 aromatic carbocycles. The van der Waals surface area contributed by atoms with E-state index in [-0.39, 0.29) is 11.9 Å². The molecule has 1 atom stereocenters. The van der Waals surface area contributed by atoms with Gasteiger partial charge in [0.05, 0.1) is 12.5 Å². The molecule has 3 nitrogen and oxygen atoms in total. The van der Waals surface area contributed by atoms with Gasteiger partial charge in [-0.05, 0) is 25.6 Å². The van der Waals surface area contributed by atoms with Crippen LogP contribution in [-0.2, 0) is 9.53 Å². The topological polar surface area (TPSA) is 29.5 Å². The summed E-state index contributed by atoms with van der Waals surface area (Å²) < 4.78 is 5.01. The van der Waals surface area contributed by atoms with E-state index in [0.717, 1.165) is 19.6 Å². The Hall–Kier alpha value is -0.220. The lowest BCUT2D eigenvalue weighted by atomic mass is 10.1. The number of nitrogens with zero attached hydrogens (tertiary/aromatic N) is 1. The fourth-order valence-electron chi connectivity index (χ4n) is 1.73. The standard InChI is InChI=1S/C11H21NO2S/c1-3-14-11(13)10(2)9-12-5-4-7-15-8-6-12/h10H,3-9H2,1-2H3. The van der Waals surface area contributed by atoms with E-state index in [4.69, 9.17) is 4.74 Å². The van der Waals surface area contributed by atoms with E-state index in [2.05, 4.69) is 4.90 Å². The van der Waals surface area contributed by atoms with Crippen molar-refractivity contribution in [3.8, 4) is 0 Å². The van der Waals surface area contributed by atoms with Gasteiger partial charge in [-0.1, -0.05) is 6.92 Å². The predicted molar refractivity (Wildman–Crippen MR) is 64.2 cm³/mol. The minimum atomic E-state index is -0.0607. The highest BCUT2D eigenvalue weighted by Gasteiger charge is 2.18. The third-order valence-corrected chi connectivity index (χ3v) is 3.58. The van der Waals surface area contributed by atoms with Gasteiger partial charge in [-0.15, -0.1) is 0 Å². The summed E-state index contributed by atoms with van der Waals surface area (Å²) >= 11 is 2.01. The molecule has 1 aliphatic heterocycles. The van der Waals surface area contributed by atoms with Gasteiger partial charge in [0.1, 0.15) is 0 Å². The van der Waals surface area contributed by atoms with Crippen LogP contribution in [0.4, 0.5) is 0 Å². The molecule has 15 heavy (non-hydrogen) atoms. The van der Waals surface area contributed by atoms with Crippen LogP contribution in [0.1, 0.15) is 20.3 Å². The third kappa shape index (κ3) is 4.89. The summed E-state index contributed by atoms with van der Waals surface area (Å²) in [6, 6.07) is 0. The van der Waals surface area contributed by atoms with E-state index in [9.17, 15) is 4.79 Å². The van der Waals surface area contributed by atoms with Crippen molar-refractivity contribution in [1.82, 2.24) is 4.90 Å². The predicted octanol–water partition coefficient (Wildman–Crippen LogP) is 1.62. The quantitative estimate of drug-likeness (QED) is 0.688. The molecule has 0 amide bonds. The highest BCUT2D eigenvalue weighted by atomic mass is 32.2. The minimum Gasteiger partial charge on any atom is -0.466 e. The van der Waals surface area contributed by atoms with Crippen LogP contribution in [0, 0.1) is 5.92 Å². The van der Waals surface area contributed by atoms with Crippen LogP contribution in [0.3, 0.4) is 0 Å². The van der Waals surface area contributed by atoms with Crippen molar-refractivity contribution < 1.29 is 9.53 Å². The molecule has 1 saturated heterocycles. The number of carbonyl (C=O) groups excluding carboxylic acids is 1. The molecule has 0 N–H and O–H groups in total. The first-order chi connectivity index (χ1) is 7.24. The number of hydrogen-bond acceptors (Lipinski definition) is 4. The van der Waals surface area contributed by atoms with Crippen molar-refractivity contribution >= 4 is 17.7 Å². The Morgan fingerprint density at radius 2 is 2.27 bits per heavy atom. The largest absolute Gasteiger partial charge is 0.466 e. The van der Waals surface area contributed by atoms with Crippen molar-refractivity contribution in [3.05, 3.63) is 0 Å². The lowest BCUT2D eigenvalue weighted by Crippen LogP contribution is -2.34. The van der Waals surface area contributed by atoms with E-state index in [1.165, 1.54) is 17.9 Å². The highest BCUT2D eigenvalue weighted by Crippen LogP contribution is 2.12. The Balaban J connectivity index is 2.28. The fourth-order valence-corrected chi connectivity index (χ4v) is 2.65. The lowest BCUT2D eigenvalue weighted by Gasteiger charge is -2.22. The van der Waals surface area contributed by atoms with Gasteiger partial charge in [0, 0.05) is 18.8 Å². The maximum Gasteiger partial charge on any atom is 0.309 e. The number of hydrogen-bond donors (Lipinski definition) is 0. The zero-order valence-electron chi connectivity index (χ0n) is 9.70. The molecular formula is C11H21NO2S. The molecule has 1 fully saturated rings. The Bertz CT molecular complexity index is 191. The molecule has 1 rings (SSSR count). The summed E-state index contributed by atoms with van der Waals surface area (Å²) in [5, 5.41) is 0. The van der Waals surface area contributed by atoms with Gasteiger partial charge >= 0.3 is 5.97 Å². The molecule has 1 unspecified atom stereocenters. The zero-order chi connectivity index (χ0) is 11.1. The van der Waals surface area contributed by atoms with Crippen molar-refractivity contribution in [2.75, 3.05) is 37.7 Å². The van der Waals surface area contributed by atoms with Gasteiger partial charge in [0.2, 0.25) is 0 Å². The summed E-state index contributed by atoms with van der Waals surface area (Å²) in [5.41, 5.74) is 0. The van der Waals surface area contributed by atoms with Crippen molar-refractivity contribution in [1.29, 1.82) is 0 Å². The summed E-state index contributed by atoms with van der Waals surface area (Å²) in [6.07, 6.45) is 1.24. The molecule has 0 aromatic rings. The van der Waals surface area contributed by atoms with Gasteiger partial charge in [-0.25, -0.2) is 0 Å². The molecule has 0 saturated carbocycles. The first kappa shape index (κ1) is 12.8. The molecule has 0 spiro atoms. The Morgan fingerprint density at radius 3 is 3.00 bits per heavy atom. The molecular weight excluding hydrogens is 210 g/mol. The van der Waals surface area contributed by atoms with Crippen LogP contribution < -0.4 is 0 Å². The second kappa shape index (κ2) is 7.12. The fraction of sp³-hybridized carbons (Fsp3) is 0.909. The Labute approximate surface area is 96.5 Å². The molecule has 4 heteroatoms. The van der Waals surface area contributed by atoms with Crippen LogP contribution in [-0.4, -0.2) is 48.6 Å². The van der Waals surface area contributed by atoms with E-state index >= 15 is 0 Å². The minimum absolute atomic E-state index is 0.00745. The SMILES string of the molecule is CCOC(=O)C(C)CN1CCCSCC1. The van der Waals surface area contributed by atoms with Gasteiger partial charge in [0.25, 0.3) is 0 Å². The van der Waals surface area contributed by atoms with E-state index in [1.807, 2.05) is 25.6 Å². The number of carbonyl (C=O) groups is 1. The van der Waals surface area contributed by atoms with E-state index in [0.29, 0.717) is 6.61 Å². The second-order valence-corrected chi connectivity index (χ2v) is 5.14.